The molecule has 8 nitrogen and oxygen atoms in total. The van der Waals surface area contributed by atoms with Crippen LogP contribution in [0.25, 0.3) is 27.8 Å². The number of carboxylic acids is 1. The molecular weight excluding hydrogens is 458 g/mol. The van der Waals surface area contributed by atoms with E-state index in [-0.39, 0.29) is 18.4 Å². The van der Waals surface area contributed by atoms with Crippen molar-refractivity contribution in [2.24, 2.45) is 0 Å². The van der Waals surface area contributed by atoms with Crippen molar-refractivity contribution in [3.8, 4) is 5.69 Å². The molecule has 2 atom stereocenters. The average Bonchev–Trinajstić information content (AvgIpc) is 3.46. The van der Waals surface area contributed by atoms with Gasteiger partial charge < -0.3 is 19.1 Å². The number of pyridine rings is 1. The molecule has 2 fully saturated rings. The maximum absolute atomic E-state index is 14.4. The Morgan fingerprint density at radius 3 is 2.63 bits per heavy atom. The zero-order valence-corrected chi connectivity index (χ0v) is 18.8. The lowest BCUT2D eigenvalue weighted by atomic mass is 9.85. The van der Waals surface area contributed by atoms with Crippen molar-refractivity contribution in [1.29, 1.82) is 0 Å². The molecule has 4 aromatic rings. The molecule has 35 heavy (non-hydrogen) atoms. The van der Waals surface area contributed by atoms with Gasteiger partial charge in [0.25, 0.3) is 0 Å². The lowest BCUT2D eigenvalue weighted by Crippen LogP contribution is -2.32. The minimum absolute atomic E-state index is 0.0923. The van der Waals surface area contributed by atoms with Crippen molar-refractivity contribution >= 4 is 28.0 Å². The van der Waals surface area contributed by atoms with E-state index in [1.165, 1.54) is 6.07 Å². The Balaban J connectivity index is 1.62. The van der Waals surface area contributed by atoms with E-state index in [0.29, 0.717) is 37.4 Å². The number of nitrogens with zero attached hydrogens (tertiary/aromatic N) is 3. The molecule has 182 valence electrons. The maximum Gasteiger partial charge on any atom is 0.332 e. The number of aliphatic carboxylic acids is 1. The van der Waals surface area contributed by atoms with Crippen molar-refractivity contribution in [2.75, 3.05) is 19.8 Å². The third kappa shape index (κ3) is 3.77. The van der Waals surface area contributed by atoms with E-state index in [1.807, 2.05) is 10.6 Å². The summed E-state index contributed by atoms with van der Waals surface area (Å²) in [5.41, 5.74) is 4.57. The number of halogens is 2. The quantitative estimate of drug-likeness (QED) is 0.447. The molecule has 2 saturated heterocycles. The van der Waals surface area contributed by atoms with Crippen LogP contribution >= 0.6 is 0 Å². The minimum atomic E-state index is -0.963. The molecule has 6 rings (SSSR count). The standard InChI is InChI=1S/C25H24F2N4O4/c26-17-3-2-16(10-18(17)27)31-19-9-15-11-28-30-24(15)29-22(19)21(23(31)13-5-7-34-8-6-13)14-1-4-20(25(32)33)35-12-14/h2-3,9-11,13-14,20H,1,4-8,12H2,(H,32,33)(H,28,29,30)/t14-,20+/m1/s1. The Kier molecular flexibility index (Phi) is 5.49. The fraction of sp³-hybridized carbons (Fsp3) is 0.400. The Bertz CT molecular complexity index is 1420. The van der Waals surface area contributed by atoms with Gasteiger partial charge in [0, 0.05) is 53.4 Å². The number of fused-ring (bicyclic) bond motifs is 2. The van der Waals surface area contributed by atoms with Gasteiger partial charge in [0.05, 0.1) is 23.8 Å². The van der Waals surface area contributed by atoms with Crippen molar-refractivity contribution in [3.63, 3.8) is 0 Å². The maximum atomic E-state index is 14.4. The normalized spacial score (nSPS) is 21.7. The van der Waals surface area contributed by atoms with E-state index in [4.69, 9.17) is 14.5 Å². The van der Waals surface area contributed by atoms with Crippen molar-refractivity contribution in [3.05, 3.63) is 53.4 Å². The number of ether oxygens (including phenoxy) is 2. The monoisotopic (exact) mass is 482 g/mol. The van der Waals surface area contributed by atoms with Gasteiger partial charge in [-0.1, -0.05) is 0 Å². The first kappa shape index (κ1) is 22.1. The highest BCUT2D eigenvalue weighted by molar-refractivity contribution is 5.93. The van der Waals surface area contributed by atoms with Crippen LogP contribution in [0.4, 0.5) is 8.78 Å². The van der Waals surface area contributed by atoms with Crippen LogP contribution in [0.2, 0.25) is 0 Å². The van der Waals surface area contributed by atoms with Crippen LogP contribution in [-0.4, -0.2) is 56.7 Å². The Hall–Kier alpha value is -3.37. The second kappa shape index (κ2) is 8.69. The van der Waals surface area contributed by atoms with Crippen molar-refractivity contribution in [2.45, 2.75) is 43.6 Å². The number of aromatic nitrogens is 4. The van der Waals surface area contributed by atoms with Gasteiger partial charge in [0.1, 0.15) is 0 Å². The van der Waals surface area contributed by atoms with Gasteiger partial charge in [0.2, 0.25) is 0 Å². The molecule has 3 aromatic heterocycles. The summed E-state index contributed by atoms with van der Waals surface area (Å²) in [6.45, 7) is 1.44. The predicted octanol–water partition coefficient (Wildman–Crippen LogP) is 4.42. The van der Waals surface area contributed by atoms with Crippen LogP contribution in [0.15, 0.2) is 30.5 Å². The lowest BCUT2D eigenvalue weighted by molar-refractivity contribution is -0.153. The van der Waals surface area contributed by atoms with Gasteiger partial charge >= 0.3 is 5.97 Å². The van der Waals surface area contributed by atoms with E-state index in [0.717, 1.165) is 46.6 Å². The Morgan fingerprint density at radius 1 is 1.09 bits per heavy atom. The van der Waals surface area contributed by atoms with Gasteiger partial charge in [-0.3, -0.25) is 5.10 Å². The van der Waals surface area contributed by atoms with E-state index in [9.17, 15) is 18.7 Å². The second-order valence-corrected chi connectivity index (χ2v) is 9.22. The third-order valence-corrected chi connectivity index (χ3v) is 7.15. The third-order valence-electron chi connectivity index (χ3n) is 7.15. The number of hydrogen-bond donors (Lipinski definition) is 2. The van der Waals surface area contributed by atoms with Crippen LogP contribution in [0.1, 0.15) is 48.8 Å². The van der Waals surface area contributed by atoms with Gasteiger partial charge in [-0.2, -0.15) is 5.10 Å². The van der Waals surface area contributed by atoms with Crippen LogP contribution in [0.3, 0.4) is 0 Å². The molecule has 0 bridgehead atoms. The molecule has 0 unspecified atom stereocenters. The van der Waals surface area contributed by atoms with Gasteiger partial charge in [0.15, 0.2) is 23.4 Å². The summed E-state index contributed by atoms with van der Waals surface area (Å²) < 4.78 is 41.6. The first-order chi connectivity index (χ1) is 17.0. The van der Waals surface area contributed by atoms with Crippen LogP contribution in [-0.2, 0) is 14.3 Å². The van der Waals surface area contributed by atoms with E-state index in [1.54, 1.807) is 12.3 Å². The van der Waals surface area contributed by atoms with E-state index < -0.39 is 23.7 Å². The number of benzene rings is 1. The molecule has 0 aliphatic carbocycles. The molecule has 0 amide bonds. The summed E-state index contributed by atoms with van der Waals surface area (Å²) in [5, 5.41) is 17.2. The molecule has 0 radical (unpaired) electrons. The first-order valence-corrected chi connectivity index (χ1v) is 11.8. The molecule has 1 aromatic carbocycles. The zero-order chi connectivity index (χ0) is 24.1. The highest BCUT2D eigenvalue weighted by atomic mass is 19.2. The predicted molar refractivity (Wildman–Crippen MR) is 123 cm³/mol. The molecule has 0 spiro atoms. The number of carbonyl (C=O) groups is 1. The minimum Gasteiger partial charge on any atom is -0.479 e. The molecule has 0 saturated carbocycles. The lowest BCUT2D eigenvalue weighted by Gasteiger charge is -2.30. The fourth-order valence-corrected chi connectivity index (χ4v) is 5.46. The SMILES string of the molecule is O=C(O)[C@@H]1CC[C@@H](c2c(C3CCOCC3)n(-c3ccc(F)c(F)c3)c3cc4cn[nH]c4nc23)CO1. The second-order valence-electron chi connectivity index (χ2n) is 9.22. The Morgan fingerprint density at radius 2 is 1.91 bits per heavy atom. The first-order valence-electron chi connectivity index (χ1n) is 11.8. The molecule has 10 heteroatoms. The summed E-state index contributed by atoms with van der Waals surface area (Å²) in [6, 6.07) is 5.87. The number of nitrogens with one attached hydrogen (secondary N) is 1. The summed E-state index contributed by atoms with van der Waals surface area (Å²) in [7, 11) is 0. The van der Waals surface area contributed by atoms with E-state index >= 15 is 0 Å². The number of aromatic amines is 1. The highest BCUT2D eigenvalue weighted by Crippen LogP contribution is 2.44. The highest BCUT2D eigenvalue weighted by Gasteiger charge is 2.35. The average molecular weight is 482 g/mol. The smallest absolute Gasteiger partial charge is 0.332 e. The summed E-state index contributed by atoms with van der Waals surface area (Å²) in [5.74, 6) is -2.78. The molecule has 5 heterocycles. The van der Waals surface area contributed by atoms with Crippen molar-refractivity contribution in [1.82, 2.24) is 19.7 Å². The number of carboxylic acid groups (broad SMARTS) is 1. The topological polar surface area (TPSA) is 102 Å². The van der Waals surface area contributed by atoms with Crippen molar-refractivity contribution < 1.29 is 28.2 Å². The molecule has 2 N–H and O–H groups in total. The molecule has 2 aliphatic heterocycles. The summed E-state index contributed by atoms with van der Waals surface area (Å²) in [6.07, 6.45) is 3.41. The van der Waals surface area contributed by atoms with Crippen LogP contribution in [0.5, 0.6) is 0 Å². The van der Waals surface area contributed by atoms with E-state index in [2.05, 4.69) is 10.2 Å². The number of hydrogen-bond acceptors (Lipinski definition) is 5. The van der Waals surface area contributed by atoms with Gasteiger partial charge in [-0.05, 0) is 43.9 Å². The Labute approximate surface area is 198 Å². The van der Waals surface area contributed by atoms with Crippen LogP contribution < -0.4 is 0 Å². The van der Waals surface area contributed by atoms with Gasteiger partial charge in [-0.25, -0.2) is 18.6 Å². The summed E-state index contributed by atoms with van der Waals surface area (Å²) >= 11 is 0. The largest absolute Gasteiger partial charge is 0.479 e. The fourth-order valence-electron chi connectivity index (χ4n) is 5.46. The molecule has 2 aliphatic rings. The molecular formula is C25H24F2N4O4. The number of rotatable bonds is 4. The number of H-pyrrole nitrogens is 1. The van der Waals surface area contributed by atoms with Gasteiger partial charge in [-0.15, -0.1) is 0 Å². The van der Waals surface area contributed by atoms with Crippen LogP contribution in [0, 0.1) is 11.6 Å². The summed E-state index contributed by atoms with van der Waals surface area (Å²) in [4.78, 5) is 16.4. The zero-order valence-electron chi connectivity index (χ0n) is 18.8.